The molecule has 8 heteroatoms. The molecule has 5 atom stereocenters. The summed E-state index contributed by atoms with van der Waals surface area (Å²) in [5.74, 6) is 1.09. The van der Waals surface area contributed by atoms with E-state index in [2.05, 4.69) is 0 Å². The predicted octanol–water partition coefficient (Wildman–Crippen LogP) is 0.937. The molecule has 0 aromatic heterocycles. The molecule has 2 fully saturated rings. The number of hydrogen-bond acceptors (Lipinski definition) is 8. The molecule has 1 heterocycles. The summed E-state index contributed by atoms with van der Waals surface area (Å²) in [4.78, 5) is 0. The summed E-state index contributed by atoms with van der Waals surface area (Å²) in [5, 5.41) is 39.9. The molecule has 1 aliphatic heterocycles. The molecule has 1 aliphatic carbocycles. The molecule has 1 aromatic rings. The third kappa shape index (κ3) is 5.02. The number of aliphatic hydroxyl groups excluding tert-OH is 4. The summed E-state index contributed by atoms with van der Waals surface area (Å²) in [7, 11) is 1.56. The zero-order valence-corrected chi connectivity index (χ0v) is 16.9. The minimum atomic E-state index is -1.42. The second kappa shape index (κ2) is 10.1. The number of ether oxygens (including phenoxy) is 4. The lowest BCUT2D eigenvalue weighted by atomic mass is 9.91. The maximum Gasteiger partial charge on any atom is 0.161 e. The third-order valence-electron chi connectivity index (χ3n) is 5.73. The van der Waals surface area contributed by atoms with Crippen LogP contribution >= 0.6 is 0 Å². The Labute approximate surface area is 171 Å². The summed E-state index contributed by atoms with van der Waals surface area (Å²) in [6, 6.07) is 5.16. The van der Waals surface area contributed by atoms with Crippen molar-refractivity contribution in [3.05, 3.63) is 23.8 Å². The van der Waals surface area contributed by atoms with Crippen LogP contribution in [0.25, 0.3) is 0 Å². The van der Waals surface area contributed by atoms with Crippen molar-refractivity contribution in [2.24, 2.45) is 0 Å². The van der Waals surface area contributed by atoms with Crippen LogP contribution in [-0.2, 0) is 9.47 Å². The average Bonchev–Trinajstić information content (AvgIpc) is 2.74. The lowest BCUT2D eigenvalue weighted by Crippen LogP contribution is -2.55. The van der Waals surface area contributed by atoms with E-state index in [1.54, 1.807) is 25.3 Å². The van der Waals surface area contributed by atoms with Gasteiger partial charge in [-0.1, -0.05) is 6.07 Å². The van der Waals surface area contributed by atoms with Crippen LogP contribution in [0.5, 0.6) is 11.5 Å². The van der Waals surface area contributed by atoms with E-state index in [1.165, 1.54) is 0 Å². The van der Waals surface area contributed by atoms with Crippen LogP contribution in [0.15, 0.2) is 18.2 Å². The smallest absolute Gasteiger partial charge is 0.161 e. The maximum atomic E-state index is 10.4. The van der Waals surface area contributed by atoms with Crippen LogP contribution < -0.4 is 9.47 Å². The molecule has 1 saturated carbocycles. The van der Waals surface area contributed by atoms with E-state index in [9.17, 15) is 20.4 Å². The highest BCUT2D eigenvalue weighted by Crippen LogP contribution is 2.38. The van der Waals surface area contributed by atoms with Gasteiger partial charge in [-0.25, -0.2) is 0 Å². The molecule has 4 N–H and O–H groups in total. The van der Waals surface area contributed by atoms with E-state index >= 15 is 0 Å². The topological polar surface area (TPSA) is 118 Å². The Morgan fingerprint density at radius 3 is 2.28 bits per heavy atom. The molecule has 1 saturated heterocycles. The van der Waals surface area contributed by atoms with Gasteiger partial charge in [0.25, 0.3) is 0 Å². The first-order valence-electron chi connectivity index (χ1n) is 10.2. The SMILES string of the molecule is CCOC1CCC(Oc2cc([C@@H]3O[C@H](CO)[C@@H](O)[C@H](O)[C@H]3O)ccc2OC)CC1. The van der Waals surface area contributed by atoms with Crippen molar-refractivity contribution in [1.82, 2.24) is 0 Å². The fourth-order valence-electron chi connectivity index (χ4n) is 4.07. The highest BCUT2D eigenvalue weighted by atomic mass is 16.5. The molecule has 3 rings (SSSR count). The molecule has 0 radical (unpaired) electrons. The van der Waals surface area contributed by atoms with Crippen LogP contribution in [-0.4, -0.2) is 77.4 Å². The van der Waals surface area contributed by atoms with Gasteiger partial charge in [-0.15, -0.1) is 0 Å². The molecule has 1 aromatic carbocycles. The Morgan fingerprint density at radius 2 is 1.66 bits per heavy atom. The summed E-state index contributed by atoms with van der Waals surface area (Å²) in [5.41, 5.74) is 0.570. The normalized spacial score (nSPS) is 35.3. The van der Waals surface area contributed by atoms with Gasteiger partial charge in [-0.2, -0.15) is 0 Å². The van der Waals surface area contributed by atoms with E-state index in [0.717, 1.165) is 25.7 Å². The Morgan fingerprint density at radius 1 is 0.966 bits per heavy atom. The second-order valence-electron chi connectivity index (χ2n) is 7.63. The first kappa shape index (κ1) is 22.3. The monoisotopic (exact) mass is 412 g/mol. The van der Waals surface area contributed by atoms with Crippen molar-refractivity contribution >= 4 is 0 Å². The Kier molecular flexibility index (Phi) is 7.72. The van der Waals surface area contributed by atoms with Crippen molar-refractivity contribution in [2.75, 3.05) is 20.3 Å². The Bertz CT molecular complexity index is 644. The van der Waals surface area contributed by atoms with Crippen LogP contribution in [0.2, 0.25) is 0 Å². The maximum absolute atomic E-state index is 10.4. The Balaban J connectivity index is 1.75. The minimum Gasteiger partial charge on any atom is -0.493 e. The molecule has 0 spiro atoms. The summed E-state index contributed by atoms with van der Waals surface area (Å²) in [6.45, 7) is 2.24. The summed E-state index contributed by atoms with van der Waals surface area (Å²) >= 11 is 0. The van der Waals surface area contributed by atoms with Gasteiger partial charge in [0.1, 0.15) is 30.5 Å². The molecular weight excluding hydrogens is 380 g/mol. The Hall–Kier alpha value is -1.42. The number of methoxy groups -OCH3 is 1. The fourth-order valence-corrected chi connectivity index (χ4v) is 4.07. The molecule has 2 aliphatic rings. The molecule has 164 valence electrons. The molecular formula is C21H32O8. The first-order valence-corrected chi connectivity index (χ1v) is 10.2. The van der Waals surface area contributed by atoms with Gasteiger partial charge in [0, 0.05) is 6.61 Å². The van der Waals surface area contributed by atoms with Gasteiger partial charge >= 0.3 is 0 Å². The molecule has 29 heavy (non-hydrogen) atoms. The van der Waals surface area contributed by atoms with E-state index in [-0.39, 0.29) is 12.2 Å². The zero-order chi connectivity index (χ0) is 21.0. The van der Waals surface area contributed by atoms with Crippen molar-refractivity contribution < 1.29 is 39.4 Å². The highest BCUT2D eigenvalue weighted by molar-refractivity contribution is 5.44. The lowest BCUT2D eigenvalue weighted by Gasteiger charge is -2.40. The van der Waals surface area contributed by atoms with Crippen LogP contribution in [0.1, 0.15) is 44.3 Å². The molecule has 0 bridgehead atoms. The third-order valence-corrected chi connectivity index (χ3v) is 5.73. The van der Waals surface area contributed by atoms with Gasteiger partial charge < -0.3 is 39.4 Å². The number of hydrogen-bond donors (Lipinski definition) is 4. The van der Waals surface area contributed by atoms with E-state index in [4.69, 9.17) is 18.9 Å². The largest absolute Gasteiger partial charge is 0.493 e. The highest BCUT2D eigenvalue weighted by Gasteiger charge is 2.44. The van der Waals surface area contributed by atoms with Gasteiger partial charge in [0.2, 0.25) is 0 Å². The molecule has 0 unspecified atom stereocenters. The number of aliphatic hydroxyl groups is 4. The van der Waals surface area contributed by atoms with Gasteiger partial charge in [0.05, 0.1) is 25.9 Å². The van der Waals surface area contributed by atoms with Crippen molar-refractivity contribution in [1.29, 1.82) is 0 Å². The van der Waals surface area contributed by atoms with Crippen molar-refractivity contribution in [3.8, 4) is 11.5 Å². The minimum absolute atomic E-state index is 0.0330. The molecule has 8 nitrogen and oxygen atoms in total. The summed E-state index contributed by atoms with van der Waals surface area (Å²) in [6.07, 6.45) is -2.09. The van der Waals surface area contributed by atoms with Crippen LogP contribution in [0.3, 0.4) is 0 Å². The predicted molar refractivity (Wildman–Crippen MR) is 104 cm³/mol. The van der Waals surface area contributed by atoms with E-state index in [1.807, 2.05) is 6.92 Å². The summed E-state index contributed by atoms with van der Waals surface area (Å²) < 4.78 is 22.9. The first-order chi connectivity index (χ1) is 14.0. The van der Waals surface area contributed by atoms with Gasteiger partial charge in [0.15, 0.2) is 11.5 Å². The van der Waals surface area contributed by atoms with Crippen molar-refractivity contribution in [3.63, 3.8) is 0 Å². The molecule has 0 amide bonds. The standard InChI is InChI=1S/C21H32O8/c1-3-27-13-5-7-14(8-6-13)28-16-10-12(4-9-15(16)26-2)21-20(25)19(24)18(23)17(11-22)29-21/h4,9-10,13-14,17-25H,3,5-8,11H2,1-2H3/t13?,14?,17-,18-,19+,20-,21+/m1/s1. The number of rotatable bonds is 7. The van der Waals surface area contributed by atoms with Crippen LogP contribution in [0.4, 0.5) is 0 Å². The van der Waals surface area contributed by atoms with Gasteiger partial charge in [-0.3, -0.25) is 0 Å². The van der Waals surface area contributed by atoms with Crippen LogP contribution in [0, 0.1) is 0 Å². The van der Waals surface area contributed by atoms with E-state index in [0.29, 0.717) is 23.7 Å². The zero-order valence-electron chi connectivity index (χ0n) is 16.9. The average molecular weight is 412 g/mol. The second-order valence-corrected chi connectivity index (χ2v) is 7.63. The van der Waals surface area contributed by atoms with Crippen molar-refractivity contribution in [2.45, 2.75) is 75.3 Å². The fraction of sp³-hybridized carbons (Fsp3) is 0.714. The van der Waals surface area contributed by atoms with E-state index < -0.39 is 37.1 Å². The number of benzene rings is 1. The van der Waals surface area contributed by atoms with Gasteiger partial charge in [-0.05, 0) is 50.3 Å². The lowest BCUT2D eigenvalue weighted by molar-refractivity contribution is -0.231. The quantitative estimate of drug-likeness (QED) is 0.523.